The molecule has 1 aliphatic rings. The molecule has 3 nitrogen and oxygen atoms in total. The molecule has 0 aliphatic carbocycles. The van der Waals surface area contributed by atoms with E-state index in [4.69, 9.17) is 10.5 Å². The van der Waals surface area contributed by atoms with Crippen LogP contribution in [0.4, 0.5) is 0 Å². The Kier molecular flexibility index (Phi) is 2.67. The minimum atomic E-state index is -0.562. The zero-order valence-electron chi connectivity index (χ0n) is 8.94. The summed E-state index contributed by atoms with van der Waals surface area (Å²) in [4.78, 5) is 0. The van der Waals surface area contributed by atoms with Crippen LogP contribution in [0.15, 0.2) is 24.3 Å². The largest absolute Gasteiger partial charge is 0.493 e. The number of hydrogen-bond acceptors (Lipinski definition) is 3. The van der Waals surface area contributed by atoms with Crippen molar-refractivity contribution < 1.29 is 9.84 Å². The quantitative estimate of drug-likeness (QED) is 0.759. The van der Waals surface area contributed by atoms with Gasteiger partial charge < -0.3 is 15.6 Å². The average Bonchev–Trinajstić information content (AvgIpc) is 2.28. The molecule has 3 heteroatoms. The van der Waals surface area contributed by atoms with Crippen molar-refractivity contribution in [2.24, 2.45) is 11.7 Å². The molecule has 2 rings (SSSR count). The lowest BCUT2D eigenvalue weighted by molar-refractivity contribution is 0.102. The molecule has 0 amide bonds. The van der Waals surface area contributed by atoms with Gasteiger partial charge in [0.2, 0.25) is 0 Å². The molecule has 0 aromatic heterocycles. The molecule has 1 aromatic rings. The summed E-state index contributed by atoms with van der Waals surface area (Å²) in [5.74, 6) is 1.12. The maximum Gasteiger partial charge on any atom is 0.122 e. The number of fused-ring (bicyclic) bond motifs is 1. The number of rotatable bonds is 2. The van der Waals surface area contributed by atoms with Gasteiger partial charge in [-0.05, 0) is 25.0 Å². The topological polar surface area (TPSA) is 55.5 Å². The van der Waals surface area contributed by atoms with Crippen molar-refractivity contribution in [3.63, 3.8) is 0 Å². The third-order valence-electron chi connectivity index (χ3n) is 3.15. The maximum absolute atomic E-state index is 9.21. The van der Waals surface area contributed by atoms with E-state index in [0.717, 1.165) is 12.2 Å². The van der Waals surface area contributed by atoms with Crippen LogP contribution in [0.3, 0.4) is 0 Å². The fourth-order valence-electron chi connectivity index (χ4n) is 1.88. The van der Waals surface area contributed by atoms with E-state index in [1.165, 1.54) is 5.56 Å². The molecule has 0 fully saturated rings. The minimum absolute atomic E-state index is 0.0107. The summed E-state index contributed by atoms with van der Waals surface area (Å²) < 4.78 is 5.63. The second kappa shape index (κ2) is 3.83. The fraction of sp³-hybridized carbons (Fsp3) is 0.500. The minimum Gasteiger partial charge on any atom is -0.493 e. The Bertz CT molecular complexity index is 349. The number of nitrogens with two attached hydrogens (primary N) is 1. The van der Waals surface area contributed by atoms with Crippen molar-refractivity contribution in [2.75, 3.05) is 13.2 Å². The molecule has 15 heavy (non-hydrogen) atoms. The van der Waals surface area contributed by atoms with E-state index in [1.807, 2.05) is 25.1 Å². The summed E-state index contributed by atoms with van der Waals surface area (Å²) >= 11 is 0. The molecule has 1 aromatic carbocycles. The first-order chi connectivity index (χ1) is 7.13. The smallest absolute Gasteiger partial charge is 0.122 e. The van der Waals surface area contributed by atoms with Crippen LogP contribution in [0.25, 0.3) is 0 Å². The van der Waals surface area contributed by atoms with E-state index >= 15 is 0 Å². The number of aliphatic hydroxyl groups excluding tert-OH is 1. The van der Waals surface area contributed by atoms with Gasteiger partial charge in [-0.3, -0.25) is 0 Å². The van der Waals surface area contributed by atoms with Gasteiger partial charge in [0.05, 0.1) is 13.2 Å². The van der Waals surface area contributed by atoms with Crippen LogP contribution in [-0.2, 0) is 6.42 Å². The summed E-state index contributed by atoms with van der Waals surface area (Å²) in [5, 5.41) is 9.21. The van der Waals surface area contributed by atoms with Gasteiger partial charge in [0, 0.05) is 11.5 Å². The molecule has 1 heterocycles. The Labute approximate surface area is 89.9 Å². The molecule has 1 aliphatic heterocycles. The van der Waals surface area contributed by atoms with E-state index in [9.17, 15) is 5.11 Å². The Morgan fingerprint density at radius 3 is 3.00 bits per heavy atom. The number of ether oxygens (including phenoxy) is 1. The predicted octanol–water partition coefficient (Wildman–Crippen LogP) is 0.947. The van der Waals surface area contributed by atoms with E-state index < -0.39 is 5.54 Å². The summed E-state index contributed by atoms with van der Waals surface area (Å²) in [7, 11) is 0. The average molecular weight is 207 g/mol. The molecular formula is C12H17NO2. The van der Waals surface area contributed by atoms with E-state index in [-0.39, 0.29) is 12.5 Å². The maximum atomic E-state index is 9.21. The molecule has 2 unspecified atom stereocenters. The van der Waals surface area contributed by atoms with Crippen molar-refractivity contribution in [1.82, 2.24) is 0 Å². The second-order valence-corrected chi connectivity index (χ2v) is 4.48. The van der Waals surface area contributed by atoms with Gasteiger partial charge >= 0.3 is 0 Å². The van der Waals surface area contributed by atoms with Crippen LogP contribution in [-0.4, -0.2) is 23.9 Å². The first kappa shape index (κ1) is 10.5. The molecule has 0 saturated carbocycles. The molecule has 0 bridgehead atoms. The van der Waals surface area contributed by atoms with Crippen LogP contribution in [0.1, 0.15) is 12.5 Å². The molecule has 2 atom stereocenters. The van der Waals surface area contributed by atoms with Gasteiger partial charge in [0.15, 0.2) is 0 Å². The lowest BCUT2D eigenvalue weighted by atomic mass is 9.82. The lowest BCUT2D eigenvalue weighted by Crippen LogP contribution is -2.51. The van der Waals surface area contributed by atoms with Gasteiger partial charge in [0.1, 0.15) is 5.75 Å². The van der Waals surface area contributed by atoms with Crippen LogP contribution in [0.2, 0.25) is 0 Å². The Balaban J connectivity index is 2.19. The molecule has 0 saturated heterocycles. The normalized spacial score (nSPS) is 23.8. The van der Waals surface area contributed by atoms with E-state index in [0.29, 0.717) is 6.61 Å². The Hall–Kier alpha value is -1.06. The third-order valence-corrected chi connectivity index (χ3v) is 3.15. The first-order valence-corrected chi connectivity index (χ1v) is 5.24. The molecular weight excluding hydrogens is 190 g/mol. The van der Waals surface area contributed by atoms with Gasteiger partial charge in [0.25, 0.3) is 0 Å². The molecule has 82 valence electrons. The van der Waals surface area contributed by atoms with Gasteiger partial charge in [-0.2, -0.15) is 0 Å². The van der Waals surface area contributed by atoms with Crippen LogP contribution in [0.5, 0.6) is 5.75 Å². The number of benzene rings is 1. The van der Waals surface area contributed by atoms with E-state index in [1.54, 1.807) is 0 Å². The summed E-state index contributed by atoms with van der Waals surface area (Å²) in [5.41, 5.74) is 6.64. The monoisotopic (exact) mass is 207 g/mol. The number of para-hydroxylation sites is 1. The van der Waals surface area contributed by atoms with Gasteiger partial charge in [-0.15, -0.1) is 0 Å². The number of hydrogen-bond donors (Lipinski definition) is 2. The SMILES string of the molecule is CC(N)(CO)C1COc2ccccc2C1. The van der Waals surface area contributed by atoms with Gasteiger partial charge in [-0.25, -0.2) is 0 Å². The highest BCUT2D eigenvalue weighted by Gasteiger charge is 2.33. The van der Waals surface area contributed by atoms with Crippen molar-refractivity contribution in [2.45, 2.75) is 18.9 Å². The summed E-state index contributed by atoms with van der Waals surface area (Å²) in [6, 6.07) is 7.98. The van der Waals surface area contributed by atoms with Crippen LogP contribution in [0, 0.1) is 5.92 Å². The van der Waals surface area contributed by atoms with Crippen molar-refractivity contribution in [1.29, 1.82) is 0 Å². The third kappa shape index (κ3) is 1.98. The predicted molar refractivity (Wildman–Crippen MR) is 58.8 cm³/mol. The van der Waals surface area contributed by atoms with Crippen molar-refractivity contribution in [3.05, 3.63) is 29.8 Å². The summed E-state index contributed by atoms with van der Waals surface area (Å²) in [6.07, 6.45) is 0.879. The number of aliphatic hydroxyl groups is 1. The zero-order chi connectivity index (χ0) is 10.9. The zero-order valence-corrected chi connectivity index (χ0v) is 8.94. The first-order valence-electron chi connectivity index (χ1n) is 5.24. The van der Waals surface area contributed by atoms with Gasteiger partial charge in [-0.1, -0.05) is 18.2 Å². The second-order valence-electron chi connectivity index (χ2n) is 4.48. The lowest BCUT2D eigenvalue weighted by Gasteiger charge is -2.35. The highest BCUT2D eigenvalue weighted by atomic mass is 16.5. The summed E-state index contributed by atoms with van der Waals surface area (Å²) in [6.45, 7) is 2.45. The molecule has 3 N–H and O–H groups in total. The van der Waals surface area contributed by atoms with E-state index in [2.05, 4.69) is 6.07 Å². The molecule has 0 radical (unpaired) electrons. The van der Waals surface area contributed by atoms with Crippen molar-refractivity contribution in [3.8, 4) is 5.75 Å². The van der Waals surface area contributed by atoms with Crippen LogP contribution < -0.4 is 10.5 Å². The highest BCUT2D eigenvalue weighted by Crippen LogP contribution is 2.30. The van der Waals surface area contributed by atoms with Crippen molar-refractivity contribution >= 4 is 0 Å². The Morgan fingerprint density at radius 2 is 2.27 bits per heavy atom. The highest BCUT2D eigenvalue weighted by molar-refractivity contribution is 5.35. The fourth-order valence-corrected chi connectivity index (χ4v) is 1.88. The standard InChI is InChI=1S/C12H17NO2/c1-12(13,8-14)10-6-9-4-2-3-5-11(9)15-7-10/h2-5,10,14H,6-8,13H2,1H3. The Morgan fingerprint density at radius 1 is 1.53 bits per heavy atom. The van der Waals surface area contributed by atoms with Crippen LogP contribution >= 0.6 is 0 Å². The molecule has 0 spiro atoms.